The fourth-order valence-electron chi connectivity index (χ4n) is 8.41. The predicted octanol–water partition coefficient (Wildman–Crippen LogP) is 7.63. The van der Waals surface area contributed by atoms with Gasteiger partial charge < -0.3 is 0 Å². The van der Waals surface area contributed by atoms with Crippen molar-refractivity contribution in [2.24, 2.45) is 0 Å². The standard InChI is InChI=1S/C12H11Si.2C10H9.2CH3.Hf/c1-3-7-11(8-4-1)13-12-9-5-2-6-10-12;2*1-8-6-9-4-2-3-5-10(9)7-8;;;/h1-10,13H;2*2-7H,1H3;2*1H3;. The van der Waals surface area contributed by atoms with E-state index >= 15 is 0 Å². The predicted molar refractivity (Wildman–Crippen MR) is 157 cm³/mol. The summed E-state index contributed by atoms with van der Waals surface area (Å²) in [7, 11) is 0. The Bertz CT molecular complexity index is 1390. The summed E-state index contributed by atoms with van der Waals surface area (Å²) < 4.78 is 6.80. The first-order chi connectivity index (χ1) is 17.4. The third-order valence-corrected chi connectivity index (χ3v) is 64.1. The molecule has 179 valence electrons. The summed E-state index contributed by atoms with van der Waals surface area (Å²) in [5, 5.41) is 3.22. The topological polar surface area (TPSA) is 0 Å². The Hall–Kier alpha value is -2.55. The molecule has 0 radical (unpaired) electrons. The molecule has 0 saturated carbocycles. The summed E-state index contributed by atoms with van der Waals surface area (Å²) in [6.45, 7) is 4.85. The van der Waals surface area contributed by atoms with Crippen molar-refractivity contribution >= 4 is 28.5 Å². The molecule has 2 aliphatic rings. The van der Waals surface area contributed by atoms with Gasteiger partial charge in [-0.3, -0.25) is 0 Å². The first-order valence-corrected chi connectivity index (χ1v) is 32.5. The van der Waals surface area contributed by atoms with Crippen molar-refractivity contribution in [2.45, 2.75) is 30.6 Å². The molecule has 2 atom stereocenters. The molecular formula is C34H35HfSi. The van der Waals surface area contributed by atoms with E-state index in [2.05, 4.69) is 145 Å². The van der Waals surface area contributed by atoms with Crippen LogP contribution in [-0.4, -0.2) is 5.98 Å². The number of rotatable bonds is 5. The summed E-state index contributed by atoms with van der Waals surface area (Å²) in [5.41, 5.74) is 9.20. The summed E-state index contributed by atoms with van der Waals surface area (Å²) >= 11 is -4.11. The van der Waals surface area contributed by atoms with Crippen molar-refractivity contribution in [3.05, 3.63) is 143 Å². The van der Waals surface area contributed by atoms with Crippen LogP contribution in [0.15, 0.2) is 120 Å². The van der Waals surface area contributed by atoms with Crippen LogP contribution in [0.1, 0.15) is 43.5 Å². The quantitative estimate of drug-likeness (QED) is 0.195. The molecule has 0 bridgehead atoms. The number of hydrogen-bond acceptors (Lipinski definition) is 0. The van der Waals surface area contributed by atoms with E-state index in [9.17, 15) is 0 Å². The second kappa shape index (κ2) is 8.78. The zero-order valence-corrected chi connectivity index (χ0v) is 26.5. The molecule has 0 amide bonds. The van der Waals surface area contributed by atoms with Crippen molar-refractivity contribution in [3.63, 3.8) is 0 Å². The minimum absolute atomic E-state index is 0.537. The Labute approximate surface area is 218 Å². The molecule has 0 aliphatic heterocycles. The average Bonchev–Trinajstić information content (AvgIpc) is 3.42. The van der Waals surface area contributed by atoms with Crippen LogP contribution in [0.3, 0.4) is 0 Å². The Kier molecular flexibility index (Phi) is 5.81. The van der Waals surface area contributed by atoms with E-state index in [-0.39, 0.29) is 0 Å². The zero-order chi connectivity index (χ0) is 24.9. The number of allylic oxidation sites excluding steroid dienone is 2. The van der Waals surface area contributed by atoms with E-state index in [1.54, 1.807) is 32.6 Å². The van der Waals surface area contributed by atoms with Crippen molar-refractivity contribution in [1.82, 2.24) is 0 Å². The van der Waals surface area contributed by atoms with Crippen molar-refractivity contribution in [1.29, 1.82) is 0 Å². The second-order valence-electron chi connectivity index (χ2n) is 11.9. The Morgan fingerprint density at radius 2 is 0.861 bits per heavy atom. The molecule has 2 aliphatic carbocycles. The number of benzene rings is 4. The molecule has 0 heterocycles. The summed E-state index contributed by atoms with van der Waals surface area (Å²) in [6, 6.07) is 41.8. The molecule has 4 aromatic carbocycles. The Morgan fingerprint density at radius 3 is 1.28 bits per heavy atom. The van der Waals surface area contributed by atoms with Crippen LogP contribution in [0.2, 0.25) is 9.36 Å². The first kappa shape index (κ1) is 23.8. The molecule has 6 rings (SSSR count). The van der Waals surface area contributed by atoms with E-state index in [1.807, 2.05) is 0 Å². The maximum absolute atomic E-state index is 4.11. The molecule has 4 aromatic rings. The fourth-order valence-corrected chi connectivity index (χ4v) is 75.1. The summed E-state index contributed by atoms with van der Waals surface area (Å²) in [6.07, 6.45) is 5.01. The van der Waals surface area contributed by atoms with E-state index in [1.165, 1.54) is 11.1 Å². The average molecular weight is 650 g/mol. The molecular weight excluding hydrogens is 615 g/mol. The fraction of sp³-hybridized carbons (Fsp3) is 0.176. The van der Waals surface area contributed by atoms with E-state index in [0.29, 0.717) is 7.35 Å². The van der Waals surface area contributed by atoms with Crippen molar-refractivity contribution in [3.8, 4) is 0 Å². The molecule has 0 aromatic heterocycles. The van der Waals surface area contributed by atoms with Gasteiger partial charge in [0.2, 0.25) is 0 Å². The third-order valence-electron chi connectivity index (χ3n) is 9.29. The zero-order valence-electron chi connectivity index (χ0n) is 21.8. The number of fused-ring (bicyclic) bond motifs is 2. The molecule has 0 saturated heterocycles. The van der Waals surface area contributed by atoms with Gasteiger partial charge in [-0.15, -0.1) is 0 Å². The molecule has 2 unspecified atom stereocenters. The van der Waals surface area contributed by atoms with Gasteiger partial charge in [0.25, 0.3) is 0 Å². The second-order valence-corrected chi connectivity index (χ2v) is 59.0. The van der Waals surface area contributed by atoms with E-state index in [0.717, 1.165) is 0 Å². The van der Waals surface area contributed by atoms with Crippen LogP contribution in [0.4, 0.5) is 0 Å². The van der Waals surface area contributed by atoms with Crippen molar-refractivity contribution in [2.75, 3.05) is 0 Å². The number of hydrogen-bond donors (Lipinski definition) is 0. The van der Waals surface area contributed by atoms with Gasteiger partial charge >= 0.3 is 219 Å². The van der Waals surface area contributed by atoms with Crippen LogP contribution in [-0.2, 0) is 17.7 Å². The van der Waals surface area contributed by atoms with Gasteiger partial charge in [0.05, 0.1) is 0 Å². The van der Waals surface area contributed by atoms with Crippen LogP contribution in [0, 0.1) is 0 Å². The Morgan fingerprint density at radius 1 is 0.500 bits per heavy atom. The molecule has 0 spiro atoms. The summed E-state index contributed by atoms with van der Waals surface area (Å²) in [5.74, 6) is -1.66. The van der Waals surface area contributed by atoms with Gasteiger partial charge in [-0.2, -0.15) is 0 Å². The van der Waals surface area contributed by atoms with E-state index < -0.39 is 23.7 Å². The van der Waals surface area contributed by atoms with Gasteiger partial charge in [0, 0.05) is 0 Å². The minimum atomic E-state index is -4.11. The summed E-state index contributed by atoms with van der Waals surface area (Å²) in [4.78, 5) is 0. The third kappa shape index (κ3) is 3.49. The maximum atomic E-state index is 2.86. The monoisotopic (exact) mass is 651 g/mol. The van der Waals surface area contributed by atoms with Gasteiger partial charge in [0.1, 0.15) is 0 Å². The van der Waals surface area contributed by atoms with Crippen LogP contribution >= 0.6 is 0 Å². The SMILES string of the molecule is CC1=Cc2ccccc2[CH]1[Hf]([CH3])([CH3])([CH]1C(C)=Cc2ccccc21)[SiH](c1ccccc1)c1ccccc1. The Balaban J connectivity index is 1.73. The molecule has 0 N–H and O–H groups in total. The molecule has 0 fully saturated rings. The van der Waals surface area contributed by atoms with Crippen molar-refractivity contribution < 1.29 is 17.7 Å². The van der Waals surface area contributed by atoms with Gasteiger partial charge in [-0.05, 0) is 0 Å². The first-order valence-electron chi connectivity index (χ1n) is 13.2. The van der Waals surface area contributed by atoms with Crippen LogP contribution in [0.5, 0.6) is 0 Å². The van der Waals surface area contributed by atoms with Crippen LogP contribution < -0.4 is 10.4 Å². The molecule has 36 heavy (non-hydrogen) atoms. The normalized spacial score (nSPS) is 19.8. The molecule has 2 heteroatoms. The van der Waals surface area contributed by atoms with Gasteiger partial charge in [-0.1, -0.05) is 0 Å². The molecule has 0 nitrogen and oxygen atoms in total. The van der Waals surface area contributed by atoms with Crippen LogP contribution in [0.25, 0.3) is 12.2 Å². The van der Waals surface area contributed by atoms with Gasteiger partial charge in [0.15, 0.2) is 0 Å². The van der Waals surface area contributed by atoms with E-state index in [4.69, 9.17) is 0 Å². The van der Waals surface area contributed by atoms with Gasteiger partial charge in [-0.25, -0.2) is 0 Å².